The van der Waals surface area contributed by atoms with Crippen LogP contribution in [0, 0.1) is 0 Å². The van der Waals surface area contributed by atoms with E-state index in [1.807, 2.05) is 42.5 Å². The number of phenolic OH excluding ortho intramolecular Hbond substituents is 1. The maximum Gasteiger partial charge on any atom is 0.123 e. The Bertz CT molecular complexity index is 531. The summed E-state index contributed by atoms with van der Waals surface area (Å²) >= 11 is 0. The zero-order chi connectivity index (χ0) is 14.9. The molecule has 0 heterocycles. The molecule has 0 aromatic heterocycles. The summed E-state index contributed by atoms with van der Waals surface area (Å²) in [6.07, 6.45) is 8.92. The van der Waals surface area contributed by atoms with Crippen molar-refractivity contribution in [3.63, 3.8) is 0 Å². The monoisotopic (exact) mass is 282 g/mol. The van der Waals surface area contributed by atoms with Crippen molar-refractivity contribution in [1.29, 1.82) is 0 Å². The van der Waals surface area contributed by atoms with E-state index in [1.165, 1.54) is 44.1 Å². The largest absolute Gasteiger partial charge is 0.507 e. The van der Waals surface area contributed by atoms with Crippen molar-refractivity contribution in [2.75, 3.05) is 0 Å². The van der Waals surface area contributed by atoms with Crippen LogP contribution in [-0.4, -0.2) is 5.11 Å². The van der Waals surface area contributed by atoms with Crippen LogP contribution in [0.25, 0.3) is 11.1 Å². The molecule has 2 aromatic rings. The first kappa shape index (κ1) is 15.6. The minimum absolute atomic E-state index is 0.393. The predicted octanol–water partition coefficient (Wildman–Crippen LogP) is 5.96. The van der Waals surface area contributed by atoms with Gasteiger partial charge >= 0.3 is 0 Å². The molecule has 21 heavy (non-hydrogen) atoms. The lowest BCUT2D eigenvalue weighted by molar-refractivity contribution is 0.476. The van der Waals surface area contributed by atoms with Crippen molar-refractivity contribution in [3.8, 4) is 16.9 Å². The van der Waals surface area contributed by atoms with Crippen LogP contribution < -0.4 is 0 Å². The van der Waals surface area contributed by atoms with E-state index in [4.69, 9.17) is 0 Å². The van der Waals surface area contributed by atoms with E-state index in [9.17, 15) is 5.11 Å². The fourth-order valence-electron chi connectivity index (χ4n) is 2.70. The van der Waals surface area contributed by atoms with Gasteiger partial charge in [-0.15, -0.1) is 0 Å². The molecule has 0 saturated carbocycles. The molecule has 0 radical (unpaired) electrons. The maximum atomic E-state index is 10.2. The molecule has 0 aliphatic carbocycles. The van der Waals surface area contributed by atoms with Crippen molar-refractivity contribution in [3.05, 3.63) is 54.1 Å². The van der Waals surface area contributed by atoms with E-state index in [0.29, 0.717) is 5.75 Å². The summed E-state index contributed by atoms with van der Waals surface area (Å²) in [5, 5.41) is 10.2. The van der Waals surface area contributed by atoms with E-state index in [-0.39, 0.29) is 0 Å². The molecule has 2 aromatic carbocycles. The number of hydrogen-bond acceptors (Lipinski definition) is 1. The van der Waals surface area contributed by atoms with Gasteiger partial charge in [0.15, 0.2) is 0 Å². The third-order valence-electron chi connectivity index (χ3n) is 3.97. The minimum atomic E-state index is 0.393. The zero-order valence-corrected chi connectivity index (χ0v) is 13.0. The van der Waals surface area contributed by atoms with Crippen LogP contribution in [0.3, 0.4) is 0 Å². The summed E-state index contributed by atoms with van der Waals surface area (Å²) in [6, 6.07) is 16.2. The van der Waals surface area contributed by atoms with Gasteiger partial charge < -0.3 is 5.11 Å². The number of unbranched alkanes of at least 4 members (excludes halogenated alkanes) is 5. The van der Waals surface area contributed by atoms with Gasteiger partial charge in [0.05, 0.1) is 0 Å². The average molecular weight is 282 g/mol. The van der Waals surface area contributed by atoms with Crippen molar-refractivity contribution >= 4 is 0 Å². The van der Waals surface area contributed by atoms with E-state index in [2.05, 4.69) is 13.0 Å². The second-order valence-corrected chi connectivity index (χ2v) is 5.74. The second-order valence-electron chi connectivity index (χ2n) is 5.74. The number of phenols is 1. The third kappa shape index (κ3) is 4.93. The van der Waals surface area contributed by atoms with E-state index >= 15 is 0 Å². The Balaban J connectivity index is 1.88. The molecule has 1 heteroatoms. The van der Waals surface area contributed by atoms with Crippen molar-refractivity contribution in [1.82, 2.24) is 0 Å². The molecule has 0 amide bonds. The molecule has 0 bridgehead atoms. The topological polar surface area (TPSA) is 20.2 Å². The van der Waals surface area contributed by atoms with Gasteiger partial charge in [-0.3, -0.25) is 0 Å². The van der Waals surface area contributed by atoms with Crippen LogP contribution in [-0.2, 0) is 6.42 Å². The maximum absolute atomic E-state index is 10.2. The Morgan fingerprint density at radius 1 is 0.810 bits per heavy atom. The summed E-state index contributed by atoms with van der Waals surface area (Å²) in [6.45, 7) is 2.25. The quantitative estimate of drug-likeness (QED) is 0.592. The normalized spacial score (nSPS) is 10.7. The van der Waals surface area contributed by atoms with E-state index in [0.717, 1.165) is 17.5 Å². The van der Waals surface area contributed by atoms with E-state index < -0.39 is 0 Å². The Morgan fingerprint density at radius 3 is 2.24 bits per heavy atom. The Hall–Kier alpha value is -1.76. The lowest BCUT2D eigenvalue weighted by atomic mass is 10.00. The number of hydrogen-bond donors (Lipinski definition) is 1. The van der Waals surface area contributed by atoms with Crippen LogP contribution in [0.5, 0.6) is 5.75 Å². The molecule has 0 aliphatic rings. The Kier molecular flexibility index (Phi) is 6.33. The standard InChI is InChI=1S/C20H26O/c1-2-3-4-5-6-8-11-17-14-15-19(20(21)16-17)18-12-9-7-10-13-18/h7,9-10,12-16,21H,2-6,8,11H2,1H3. The summed E-state index contributed by atoms with van der Waals surface area (Å²) in [5.74, 6) is 0.393. The van der Waals surface area contributed by atoms with Crippen molar-refractivity contribution in [2.45, 2.75) is 51.9 Å². The highest BCUT2D eigenvalue weighted by atomic mass is 16.3. The molecule has 0 saturated heterocycles. The number of benzene rings is 2. The lowest BCUT2D eigenvalue weighted by Gasteiger charge is -2.08. The van der Waals surface area contributed by atoms with Crippen LogP contribution in [0.4, 0.5) is 0 Å². The molecule has 0 aliphatic heterocycles. The third-order valence-corrected chi connectivity index (χ3v) is 3.97. The molecule has 0 unspecified atom stereocenters. The fraction of sp³-hybridized carbons (Fsp3) is 0.400. The van der Waals surface area contributed by atoms with Gasteiger partial charge in [-0.2, -0.15) is 0 Å². The van der Waals surface area contributed by atoms with Crippen molar-refractivity contribution < 1.29 is 5.11 Å². The SMILES string of the molecule is CCCCCCCCc1ccc(-c2ccccc2)c(O)c1. The molecular formula is C20H26O. The fourth-order valence-corrected chi connectivity index (χ4v) is 2.70. The van der Waals surface area contributed by atoms with E-state index in [1.54, 1.807) is 0 Å². The van der Waals surface area contributed by atoms with Gasteiger partial charge in [0, 0.05) is 5.56 Å². The average Bonchev–Trinajstić information content (AvgIpc) is 2.52. The molecule has 2 rings (SSSR count). The van der Waals surface area contributed by atoms with Gasteiger partial charge in [-0.25, -0.2) is 0 Å². The van der Waals surface area contributed by atoms with Crippen LogP contribution in [0.2, 0.25) is 0 Å². The van der Waals surface area contributed by atoms with Gasteiger partial charge in [0.25, 0.3) is 0 Å². The summed E-state index contributed by atoms with van der Waals surface area (Å²) < 4.78 is 0. The smallest absolute Gasteiger partial charge is 0.123 e. The molecular weight excluding hydrogens is 256 g/mol. The highest BCUT2D eigenvalue weighted by molar-refractivity contribution is 5.70. The van der Waals surface area contributed by atoms with Gasteiger partial charge in [-0.1, -0.05) is 81.5 Å². The van der Waals surface area contributed by atoms with Crippen LogP contribution in [0.15, 0.2) is 48.5 Å². The van der Waals surface area contributed by atoms with Crippen LogP contribution >= 0.6 is 0 Å². The van der Waals surface area contributed by atoms with Gasteiger partial charge in [0.1, 0.15) is 5.75 Å². The number of rotatable bonds is 8. The lowest BCUT2D eigenvalue weighted by Crippen LogP contribution is -1.88. The van der Waals surface area contributed by atoms with Crippen LogP contribution in [0.1, 0.15) is 51.0 Å². The molecule has 0 fully saturated rings. The van der Waals surface area contributed by atoms with Gasteiger partial charge in [0.2, 0.25) is 0 Å². The first-order valence-corrected chi connectivity index (χ1v) is 8.18. The molecule has 112 valence electrons. The summed E-state index contributed by atoms with van der Waals surface area (Å²) in [4.78, 5) is 0. The molecule has 1 N–H and O–H groups in total. The Morgan fingerprint density at radius 2 is 1.52 bits per heavy atom. The summed E-state index contributed by atoms with van der Waals surface area (Å²) in [5.41, 5.74) is 3.23. The minimum Gasteiger partial charge on any atom is -0.507 e. The Labute approximate surface area is 128 Å². The molecule has 0 atom stereocenters. The molecule has 0 spiro atoms. The predicted molar refractivity (Wildman–Crippen MR) is 90.6 cm³/mol. The second kappa shape index (κ2) is 8.51. The highest BCUT2D eigenvalue weighted by Crippen LogP contribution is 2.30. The van der Waals surface area contributed by atoms with Crippen molar-refractivity contribution in [2.24, 2.45) is 0 Å². The first-order valence-electron chi connectivity index (χ1n) is 8.18. The zero-order valence-electron chi connectivity index (χ0n) is 13.0. The van der Waals surface area contributed by atoms with Gasteiger partial charge in [-0.05, 0) is 30.0 Å². The summed E-state index contributed by atoms with van der Waals surface area (Å²) in [7, 11) is 0. The highest BCUT2D eigenvalue weighted by Gasteiger charge is 2.04. The first-order chi connectivity index (χ1) is 10.3. The number of aryl methyl sites for hydroxylation is 1. The molecule has 1 nitrogen and oxygen atoms in total. The number of aromatic hydroxyl groups is 1.